The number of hydrogen-bond donors (Lipinski definition) is 3. The van der Waals surface area contributed by atoms with E-state index < -0.39 is 47.9 Å². The molecule has 0 aromatic carbocycles. The predicted octanol–water partition coefficient (Wildman–Crippen LogP) is 5.97. The zero-order valence-corrected chi connectivity index (χ0v) is 33.2. The normalized spacial score (nSPS) is 46.1. The van der Waals surface area contributed by atoms with E-state index in [0.717, 1.165) is 50.7 Å². The van der Waals surface area contributed by atoms with Crippen molar-refractivity contribution in [1.29, 1.82) is 0 Å². The van der Waals surface area contributed by atoms with Gasteiger partial charge in [-0.15, -0.1) is 0 Å². The largest absolute Gasteiger partial charge is 0.390 e. The molecule has 7 heterocycles. The molecule has 0 aromatic heterocycles. The molecule has 0 bridgehead atoms. The summed E-state index contributed by atoms with van der Waals surface area (Å²) in [5.74, 6) is -2.08. The second kappa shape index (κ2) is 16.4. The van der Waals surface area contributed by atoms with Gasteiger partial charge in [-0.25, -0.2) is 0 Å². The molecule has 6 saturated heterocycles. The fourth-order valence-electron chi connectivity index (χ4n) is 10.3. The van der Waals surface area contributed by atoms with Gasteiger partial charge in [0.15, 0.2) is 11.6 Å². The lowest BCUT2D eigenvalue weighted by Gasteiger charge is -2.50. The van der Waals surface area contributed by atoms with Crippen molar-refractivity contribution in [1.82, 2.24) is 0 Å². The van der Waals surface area contributed by atoms with Gasteiger partial charge in [0.25, 0.3) is 0 Å². The molecule has 3 N–H and O–H groups in total. The van der Waals surface area contributed by atoms with Gasteiger partial charge in [0.1, 0.15) is 30.2 Å². The number of aliphatic hydroxyl groups excluding tert-OH is 3. The first-order chi connectivity index (χ1) is 25.7. The van der Waals surface area contributed by atoms with E-state index in [1.807, 2.05) is 13.0 Å². The van der Waals surface area contributed by atoms with Crippen LogP contribution in [0, 0.1) is 17.8 Å². The highest BCUT2D eigenvalue weighted by Crippen LogP contribution is 2.47. The standard InChI is InChI=1S/C43H66O11/c1-25-21-35(52-43(24-25)36(46)12-11-32(51-43)23-29(5)44)26(2)9-10-31-14-18-42(50-31)19-15-34-40(54-42)37(47)30(6)39(49-34)33(45)22-28(4)38-27(3)13-17-41(53-38)16-7-8-20-48-41/h9-10,24,26-28,31-40,45-47H,6-8,11-23H2,1-5H3/b10-9-/t26-,27-,28+,31+,32+,33+,34-,35+,36-,37-,38+,39+,40-,41+,42-,43-/m1/s1. The van der Waals surface area contributed by atoms with Crippen LogP contribution in [0.5, 0.6) is 0 Å². The van der Waals surface area contributed by atoms with Gasteiger partial charge in [-0.1, -0.05) is 45.1 Å². The SMILES string of the molecule is C=C1[C@@H](O)[C@@H]2O[C@]3(CC[C@H](/C=C\[C@@H](C)[C@@H]4CC(C)=C[C@@]5(O[C@H](CC(C)=O)CC[C@H]5O)O4)O3)CC[C@H]2O[C@@H]1[C@@H](O)C[C@H](C)[C@H]1O[C@@]2(CCCCO2)CC[C@H]1C. The number of carbonyl (C=O) groups excluding carboxylic acids is 1. The topological polar surface area (TPSA) is 142 Å². The second-order valence-corrected chi connectivity index (χ2v) is 18.0. The van der Waals surface area contributed by atoms with Crippen molar-refractivity contribution in [2.45, 2.75) is 203 Å². The Hall–Kier alpha value is -1.51. The molecule has 0 aromatic rings. The summed E-state index contributed by atoms with van der Waals surface area (Å²) in [5, 5.41) is 34.1. The van der Waals surface area contributed by atoms with E-state index in [2.05, 4.69) is 39.5 Å². The minimum absolute atomic E-state index is 0.00359. The Morgan fingerprint density at radius 3 is 2.52 bits per heavy atom. The van der Waals surface area contributed by atoms with Crippen LogP contribution in [-0.2, 0) is 38.0 Å². The van der Waals surface area contributed by atoms with Gasteiger partial charge in [0.2, 0.25) is 5.79 Å². The third kappa shape index (κ3) is 8.52. The number of Topliss-reactive ketones (excluding diaryl/α,β-unsaturated/α-hetero) is 1. The summed E-state index contributed by atoms with van der Waals surface area (Å²) in [6, 6.07) is 0. The molecule has 16 atom stereocenters. The van der Waals surface area contributed by atoms with E-state index in [0.29, 0.717) is 62.9 Å². The Labute approximate surface area is 321 Å². The van der Waals surface area contributed by atoms with Gasteiger partial charge in [0, 0.05) is 38.0 Å². The molecular formula is C43H66O11. The molecule has 0 amide bonds. The van der Waals surface area contributed by atoms with Crippen LogP contribution in [0.25, 0.3) is 0 Å². The predicted molar refractivity (Wildman–Crippen MR) is 200 cm³/mol. The van der Waals surface area contributed by atoms with Crippen LogP contribution in [0.2, 0.25) is 0 Å². The van der Waals surface area contributed by atoms with Crippen LogP contribution in [0.15, 0.2) is 36.0 Å². The number of hydrogen-bond acceptors (Lipinski definition) is 11. The highest BCUT2D eigenvalue weighted by molar-refractivity contribution is 5.76. The average Bonchev–Trinajstić information content (AvgIpc) is 3.53. The van der Waals surface area contributed by atoms with Crippen molar-refractivity contribution < 1.29 is 53.3 Å². The molecule has 6 fully saturated rings. The Morgan fingerprint density at radius 1 is 0.981 bits per heavy atom. The van der Waals surface area contributed by atoms with Crippen molar-refractivity contribution in [3.05, 3.63) is 36.0 Å². The smallest absolute Gasteiger partial charge is 0.215 e. The van der Waals surface area contributed by atoms with Gasteiger partial charge >= 0.3 is 0 Å². The summed E-state index contributed by atoms with van der Waals surface area (Å²) in [6.45, 7) is 15.0. The monoisotopic (exact) mass is 758 g/mol. The maximum absolute atomic E-state index is 11.8. The third-order valence-electron chi connectivity index (χ3n) is 13.4. The number of fused-ring (bicyclic) bond motifs is 1. The summed E-state index contributed by atoms with van der Waals surface area (Å²) in [4.78, 5) is 11.8. The van der Waals surface area contributed by atoms with E-state index in [1.165, 1.54) is 0 Å². The molecule has 0 aliphatic carbocycles. The first-order valence-corrected chi connectivity index (χ1v) is 21.0. The Balaban J connectivity index is 0.921. The molecule has 0 saturated carbocycles. The summed E-state index contributed by atoms with van der Waals surface area (Å²) in [6.07, 6.45) is 11.5. The Morgan fingerprint density at radius 2 is 1.76 bits per heavy atom. The Kier molecular flexibility index (Phi) is 12.3. The lowest BCUT2D eigenvalue weighted by Crippen LogP contribution is -2.60. The number of ether oxygens (including phenoxy) is 7. The fourth-order valence-corrected chi connectivity index (χ4v) is 10.3. The number of ketones is 1. The van der Waals surface area contributed by atoms with Crippen LogP contribution < -0.4 is 0 Å². The minimum atomic E-state index is -1.25. The van der Waals surface area contributed by atoms with Crippen LogP contribution in [0.3, 0.4) is 0 Å². The summed E-state index contributed by atoms with van der Waals surface area (Å²) >= 11 is 0. The molecule has 11 nitrogen and oxygen atoms in total. The maximum Gasteiger partial charge on any atom is 0.215 e. The highest BCUT2D eigenvalue weighted by atomic mass is 16.7. The zero-order chi connectivity index (χ0) is 38.4. The molecule has 7 rings (SSSR count). The van der Waals surface area contributed by atoms with Gasteiger partial charge < -0.3 is 48.5 Å². The number of aliphatic hydroxyl groups is 3. The molecular weight excluding hydrogens is 692 g/mol. The lowest BCUT2D eigenvalue weighted by molar-refractivity contribution is -0.320. The van der Waals surface area contributed by atoms with E-state index in [-0.39, 0.29) is 48.1 Å². The highest BCUT2D eigenvalue weighted by Gasteiger charge is 2.54. The number of rotatable bonds is 9. The molecule has 7 aliphatic rings. The van der Waals surface area contributed by atoms with Crippen LogP contribution >= 0.6 is 0 Å². The van der Waals surface area contributed by atoms with Gasteiger partial charge in [-0.2, -0.15) is 0 Å². The first kappa shape index (κ1) is 40.7. The summed E-state index contributed by atoms with van der Waals surface area (Å²) in [7, 11) is 0. The molecule has 0 radical (unpaired) electrons. The summed E-state index contributed by atoms with van der Waals surface area (Å²) in [5.41, 5.74) is 1.53. The van der Waals surface area contributed by atoms with Gasteiger partial charge in [-0.05, 0) is 95.1 Å². The summed E-state index contributed by atoms with van der Waals surface area (Å²) < 4.78 is 45.3. The molecule has 0 unspecified atom stereocenters. The lowest BCUT2D eigenvalue weighted by atomic mass is 9.79. The van der Waals surface area contributed by atoms with Crippen LogP contribution in [0.1, 0.15) is 125 Å². The van der Waals surface area contributed by atoms with Crippen molar-refractivity contribution >= 4 is 5.78 Å². The average molecular weight is 759 g/mol. The van der Waals surface area contributed by atoms with Gasteiger partial charge in [0.05, 0.1) is 43.2 Å². The van der Waals surface area contributed by atoms with E-state index in [9.17, 15) is 20.1 Å². The minimum Gasteiger partial charge on any atom is -0.390 e. The second-order valence-electron chi connectivity index (χ2n) is 18.0. The Bertz CT molecular complexity index is 1410. The zero-order valence-electron chi connectivity index (χ0n) is 33.2. The van der Waals surface area contributed by atoms with Crippen molar-refractivity contribution in [3.63, 3.8) is 0 Å². The van der Waals surface area contributed by atoms with Crippen molar-refractivity contribution in [2.24, 2.45) is 17.8 Å². The van der Waals surface area contributed by atoms with Crippen LogP contribution in [0.4, 0.5) is 0 Å². The van der Waals surface area contributed by atoms with E-state index in [4.69, 9.17) is 33.2 Å². The molecule has 304 valence electrons. The van der Waals surface area contributed by atoms with Crippen LogP contribution in [-0.4, -0.2) is 106 Å². The third-order valence-corrected chi connectivity index (χ3v) is 13.4. The molecule has 7 aliphatic heterocycles. The molecule has 54 heavy (non-hydrogen) atoms. The van der Waals surface area contributed by atoms with Crippen molar-refractivity contribution in [2.75, 3.05) is 6.61 Å². The maximum atomic E-state index is 11.8. The molecule has 3 spiro atoms. The van der Waals surface area contributed by atoms with E-state index in [1.54, 1.807) is 6.92 Å². The van der Waals surface area contributed by atoms with E-state index >= 15 is 0 Å². The fraction of sp³-hybridized carbons (Fsp3) is 0.837. The van der Waals surface area contributed by atoms with Crippen molar-refractivity contribution in [3.8, 4) is 0 Å². The number of carbonyl (C=O) groups is 1. The molecule has 11 heteroatoms. The first-order valence-electron chi connectivity index (χ1n) is 21.0. The quantitative estimate of drug-likeness (QED) is 0.240. The van der Waals surface area contributed by atoms with Gasteiger partial charge in [-0.3, -0.25) is 4.79 Å².